The molecule has 152 valence electrons. The van der Waals surface area contributed by atoms with Crippen molar-refractivity contribution in [2.75, 3.05) is 30.3 Å². The molecule has 0 aliphatic carbocycles. The summed E-state index contributed by atoms with van der Waals surface area (Å²) < 4.78 is 25.6. The van der Waals surface area contributed by atoms with Crippen LogP contribution in [-0.4, -0.2) is 50.5 Å². The number of rotatable bonds is 3. The summed E-state index contributed by atoms with van der Waals surface area (Å²) in [6.07, 6.45) is 0.542. The molecule has 2 unspecified atom stereocenters. The Morgan fingerprint density at radius 2 is 1.59 bits per heavy atom. The SMILES string of the molecule is O=C(C1CC(=O)N(c2ccccc2)C1)N1CCC(c2ccccc2)S(=O)(=O)CC1. The van der Waals surface area contributed by atoms with Gasteiger partial charge >= 0.3 is 0 Å². The third-order valence-electron chi connectivity index (χ3n) is 5.77. The minimum Gasteiger partial charge on any atom is -0.341 e. The second-order valence-electron chi connectivity index (χ2n) is 7.62. The van der Waals surface area contributed by atoms with Crippen LogP contribution in [0, 0.1) is 5.92 Å². The lowest BCUT2D eigenvalue weighted by Gasteiger charge is -2.23. The molecular formula is C22H24N2O4S. The van der Waals surface area contributed by atoms with Crippen molar-refractivity contribution in [1.82, 2.24) is 4.90 Å². The van der Waals surface area contributed by atoms with E-state index in [1.807, 2.05) is 60.7 Å². The molecule has 2 atom stereocenters. The molecule has 29 heavy (non-hydrogen) atoms. The molecule has 2 fully saturated rings. The summed E-state index contributed by atoms with van der Waals surface area (Å²) in [4.78, 5) is 28.8. The van der Waals surface area contributed by atoms with Gasteiger partial charge in [0.05, 0.1) is 16.9 Å². The number of amides is 2. The molecule has 2 aromatic rings. The first-order chi connectivity index (χ1) is 14.0. The Kier molecular flexibility index (Phi) is 5.41. The van der Waals surface area contributed by atoms with E-state index in [1.165, 1.54) is 0 Å². The highest BCUT2D eigenvalue weighted by Crippen LogP contribution is 2.31. The average molecular weight is 413 g/mol. The van der Waals surface area contributed by atoms with Crippen molar-refractivity contribution in [2.45, 2.75) is 18.1 Å². The van der Waals surface area contributed by atoms with Crippen LogP contribution in [0.4, 0.5) is 5.69 Å². The van der Waals surface area contributed by atoms with Gasteiger partial charge in [-0.25, -0.2) is 8.42 Å². The van der Waals surface area contributed by atoms with Crippen LogP contribution in [0.25, 0.3) is 0 Å². The van der Waals surface area contributed by atoms with E-state index in [2.05, 4.69) is 0 Å². The van der Waals surface area contributed by atoms with Crippen LogP contribution >= 0.6 is 0 Å². The van der Waals surface area contributed by atoms with E-state index < -0.39 is 21.0 Å². The summed E-state index contributed by atoms with van der Waals surface area (Å²) in [5.74, 6) is -0.681. The van der Waals surface area contributed by atoms with Crippen LogP contribution in [0.5, 0.6) is 0 Å². The first-order valence-electron chi connectivity index (χ1n) is 9.86. The second kappa shape index (κ2) is 7.99. The molecule has 2 saturated heterocycles. The maximum Gasteiger partial charge on any atom is 0.228 e. The first kappa shape index (κ1) is 19.6. The lowest BCUT2D eigenvalue weighted by molar-refractivity contribution is -0.135. The zero-order valence-corrected chi connectivity index (χ0v) is 16.9. The highest BCUT2D eigenvalue weighted by atomic mass is 32.2. The second-order valence-corrected chi connectivity index (χ2v) is 9.92. The van der Waals surface area contributed by atoms with Gasteiger partial charge in [-0.05, 0) is 24.1 Å². The molecule has 2 aromatic carbocycles. The minimum absolute atomic E-state index is 0.0542. The van der Waals surface area contributed by atoms with Gasteiger partial charge in [0, 0.05) is 31.7 Å². The van der Waals surface area contributed by atoms with Crippen LogP contribution in [0.3, 0.4) is 0 Å². The fraction of sp³-hybridized carbons (Fsp3) is 0.364. The number of sulfone groups is 1. The average Bonchev–Trinajstić information content (AvgIpc) is 3.04. The van der Waals surface area contributed by atoms with Gasteiger partial charge in [-0.2, -0.15) is 0 Å². The standard InChI is InChI=1S/C22H24N2O4S/c25-21-15-18(16-24(21)19-9-5-2-6-10-19)22(26)23-12-11-20(29(27,28)14-13-23)17-7-3-1-4-8-17/h1-10,18,20H,11-16H2. The minimum atomic E-state index is -3.34. The Bertz CT molecular complexity index is 992. The van der Waals surface area contributed by atoms with Gasteiger partial charge in [0.25, 0.3) is 0 Å². The molecule has 0 bridgehead atoms. The van der Waals surface area contributed by atoms with E-state index in [-0.39, 0.29) is 30.5 Å². The fourth-order valence-corrected chi connectivity index (χ4v) is 5.99. The molecular weight excluding hydrogens is 388 g/mol. The van der Waals surface area contributed by atoms with E-state index in [9.17, 15) is 18.0 Å². The molecule has 6 nitrogen and oxygen atoms in total. The molecule has 0 N–H and O–H groups in total. The van der Waals surface area contributed by atoms with Crippen LogP contribution < -0.4 is 4.90 Å². The molecule has 0 spiro atoms. The largest absolute Gasteiger partial charge is 0.341 e. The predicted octanol–water partition coefficient (Wildman–Crippen LogP) is 2.43. The summed E-state index contributed by atoms with van der Waals surface area (Å²) in [5, 5.41) is -0.590. The Balaban J connectivity index is 1.47. The van der Waals surface area contributed by atoms with E-state index in [0.717, 1.165) is 11.3 Å². The van der Waals surface area contributed by atoms with Gasteiger partial charge in [-0.3, -0.25) is 9.59 Å². The predicted molar refractivity (Wildman–Crippen MR) is 111 cm³/mol. The summed E-state index contributed by atoms with van der Waals surface area (Å²) in [6, 6.07) is 18.5. The highest BCUT2D eigenvalue weighted by Gasteiger charge is 2.39. The Labute approximate surface area is 171 Å². The van der Waals surface area contributed by atoms with Gasteiger partial charge in [0.1, 0.15) is 0 Å². The molecule has 4 rings (SSSR count). The molecule has 0 aromatic heterocycles. The summed E-state index contributed by atoms with van der Waals surface area (Å²) >= 11 is 0. The van der Waals surface area contributed by atoms with Crippen molar-refractivity contribution in [2.24, 2.45) is 5.92 Å². The van der Waals surface area contributed by atoms with Gasteiger partial charge in [0.15, 0.2) is 9.84 Å². The number of hydrogen-bond acceptors (Lipinski definition) is 4. The number of carbonyl (C=O) groups is 2. The molecule has 2 amide bonds. The Morgan fingerprint density at radius 1 is 0.931 bits per heavy atom. The number of carbonyl (C=O) groups excluding carboxylic acids is 2. The van der Waals surface area contributed by atoms with Crippen LogP contribution in [0.15, 0.2) is 60.7 Å². The van der Waals surface area contributed by atoms with Crippen molar-refractivity contribution < 1.29 is 18.0 Å². The van der Waals surface area contributed by atoms with Gasteiger partial charge in [-0.1, -0.05) is 48.5 Å². The maximum absolute atomic E-state index is 13.1. The first-order valence-corrected chi connectivity index (χ1v) is 11.6. The Hall–Kier alpha value is -2.67. The lowest BCUT2D eigenvalue weighted by Crippen LogP contribution is -2.39. The fourth-order valence-electron chi connectivity index (χ4n) is 4.19. The number of hydrogen-bond donors (Lipinski definition) is 0. The smallest absolute Gasteiger partial charge is 0.228 e. The highest BCUT2D eigenvalue weighted by molar-refractivity contribution is 7.91. The van der Waals surface area contributed by atoms with Crippen molar-refractivity contribution >= 4 is 27.3 Å². The van der Waals surface area contributed by atoms with E-state index in [0.29, 0.717) is 19.5 Å². The van der Waals surface area contributed by atoms with E-state index in [1.54, 1.807) is 9.80 Å². The lowest BCUT2D eigenvalue weighted by atomic mass is 10.1. The normalized spacial score (nSPS) is 24.3. The van der Waals surface area contributed by atoms with Crippen molar-refractivity contribution in [3.63, 3.8) is 0 Å². The molecule has 2 aliphatic heterocycles. The summed E-state index contributed by atoms with van der Waals surface area (Å²) in [5.41, 5.74) is 1.56. The molecule has 2 aliphatic rings. The topological polar surface area (TPSA) is 74.8 Å². The van der Waals surface area contributed by atoms with Crippen molar-refractivity contribution in [3.8, 4) is 0 Å². The van der Waals surface area contributed by atoms with Gasteiger partial charge < -0.3 is 9.80 Å². The monoisotopic (exact) mass is 412 g/mol. The van der Waals surface area contributed by atoms with Crippen LogP contribution in [0.2, 0.25) is 0 Å². The number of anilines is 1. The number of benzene rings is 2. The third kappa shape index (κ3) is 4.05. The van der Waals surface area contributed by atoms with E-state index >= 15 is 0 Å². The number of para-hydroxylation sites is 1. The van der Waals surface area contributed by atoms with E-state index in [4.69, 9.17) is 0 Å². The quantitative estimate of drug-likeness (QED) is 0.776. The molecule has 2 heterocycles. The summed E-state index contributed by atoms with van der Waals surface area (Å²) in [6.45, 7) is 0.904. The van der Waals surface area contributed by atoms with Gasteiger partial charge in [0.2, 0.25) is 11.8 Å². The molecule has 0 saturated carbocycles. The Morgan fingerprint density at radius 3 is 2.28 bits per heavy atom. The molecule has 0 radical (unpaired) electrons. The van der Waals surface area contributed by atoms with Crippen LogP contribution in [-0.2, 0) is 19.4 Å². The van der Waals surface area contributed by atoms with Crippen molar-refractivity contribution in [3.05, 3.63) is 66.2 Å². The maximum atomic E-state index is 13.1. The number of nitrogens with zero attached hydrogens (tertiary/aromatic N) is 2. The van der Waals surface area contributed by atoms with Gasteiger partial charge in [-0.15, -0.1) is 0 Å². The van der Waals surface area contributed by atoms with Crippen molar-refractivity contribution in [1.29, 1.82) is 0 Å². The van der Waals surface area contributed by atoms with Crippen LogP contribution in [0.1, 0.15) is 23.7 Å². The zero-order valence-electron chi connectivity index (χ0n) is 16.1. The molecule has 7 heteroatoms. The third-order valence-corrected chi connectivity index (χ3v) is 7.89. The zero-order chi connectivity index (χ0) is 20.4. The summed E-state index contributed by atoms with van der Waals surface area (Å²) in [7, 11) is -3.34.